The van der Waals surface area contributed by atoms with Gasteiger partial charge in [0.1, 0.15) is 10.8 Å². The Morgan fingerprint density at radius 3 is 2.74 bits per heavy atom. The zero-order chi connectivity index (χ0) is 16.1. The molecular weight excluding hydrogens is 331 g/mol. The molecule has 0 saturated carbocycles. The Kier molecular flexibility index (Phi) is 5.15. The summed E-state index contributed by atoms with van der Waals surface area (Å²) in [5, 5.41) is 5.73. The number of hydrogen-bond donors (Lipinski definition) is 1. The lowest BCUT2D eigenvalue weighted by molar-refractivity contribution is -0.120. The standard InChI is InChI=1S/C17H15FN2OS2/c18-13-5-3-12(4-6-13)8-15-10-20-17(23-15)11-19-16(21)9-14-2-1-7-22-14/h1-7,10H,8-9,11H2,(H,19,21). The van der Waals surface area contributed by atoms with Crippen LogP contribution in [0.25, 0.3) is 0 Å². The van der Waals surface area contributed by atoms with E-state index in [0.29, 0.717) is 13.0 Å². The first-order valence-corrected chi connectivity index (χ1v) is 8.86. The number of nitrogens with zero attached hydrogens (tertiary/aromatic N) is 1. The van der Waals surface area contributed by atoms with E-state index in [9.17, 15) is 9.18 Å². The highest BCUT2D eigenvalue weighted by Crippen LogP contribution is 2.17. The first-order chi connectivity index (χ1) is 11.2. The topological polar surface area (TPSA) is 42.0 Å². The van der Waals surface area contributed by atoms with Gasteiger partial charge in [0.25, 0.3) is 0 Å². The van der Waals surface area contributed by atoms with Crippen molar-refractivity contribution in [1.29, 1.82) is 0 Å². The van der Waals surface area contributed by atoms with E-state index in [0.717, 1.165) is 26.7 Å². The number of thiazole rings is 1. The van der Waals surface area contributed by atoms with Gasteiger partial charge in [-0.3, -0.25) is 4.79 Å². The van der Waals surface area contributed by atoms with E-state index >= 15 is 0 Å². The maximum absolute atomic E-state index is 12.9. The van der Waals surface area contributed by atoms with Gasteiger partial charge < -0.3 is 5.32 Å². The Bertz CT molecular complexity index is 766. The first-order valence-electron chi connectivity index (χ1n) is 7.16. The van der Waals surface area contributed by atoms with Crippen LogP contribution < -0.4 is 5.32 Å². The Morgan fingerprint density at radius 1 is 1.17 bits per heavy atom. The summed E-state index contributed by atoms with van der Waals surface area (Å²) < 4.78 is 12.9. The number of nitrogens with one attached hydrogen (secondary N) is 1. The number of hydrogen-bond acceptors (Lipinski definition) is 4. The molecule has 1 aromatic carbocycles. The lowest BCUT2D eigenvalue weighted by Crippen LogP contribution is -2.24. The lowest BCUT2D eigenvalue weighted by atomic mass is 10.1. The smallest absolute Gasteiger partial charge is 0.225 e. The average molecular weight is 346 g/mol. The second-order valence-corrected chi connectivity index (χ2v) is 7.29. The van der Waals surface area contributed by atoms with E-state index < -0.39 is 0 Å². The molecule has 2 heterocycles. The molecule has 3 nitrogen and oxygen atoms in total. The molecule has 0 bridgehead atoms. The molecule has 0 atom stereocenters. The molecule has 6 heteroatoms. The molecular formula is C17H15FN2OS2. The highest BCUT2D eigenvalue weighted by Gasteiger charge is 2.07. The first kappa shape index (κ1) is 15.8. The fourth-order valence-electron chi connectivity index (χ4n) is 2.12. The highest BCUT2D eigenvalue weighted by atomic mass is 32.1. The van der Waals surface area contributed by atoms with Gasteiger partial charge in [-0.2, -0.15) is 0 Å². The van der Waals surface area contributed by atoms with Crippen LogP contribution >= 0.6 is 22.7 Å². The Hall–Kier alpha value is -2.05. The maximum Gasteiger partial charge on any atom is 0.225 e. The van der Waals surface area contributed by atoms with Crippen LogP contribution in [-0.4, -0.2) is 10.9 Å². The van der Waals surface area contributed by atoms with E-state index in [4.69, 9.17) is 0 Å². The number of rotatable bonds is 6. The molecule has 0 saturated heterocycles. The van der Waals surface area contributed by atoms with Crippen LogP contribution in [0.3, 0.4) is 0 Å². The minimum Gasteiger partial charge on any atom is -0.349 e. The van der Waals surface area contributed by atoms with Crippen LogP contribution in [0.4, 0.5) is 4.39 Å². The van der Waals surface area contributed by atoms with Crippen LogP contribution in [-0.2, 0) is 24.2 Å². The van der Waals surface area contributed by atoms with Crippen LogP contribution in [0.5, 0.6) is 0 Å². The summed E-state index contributed by atoms with van der Waals surface area (Å²) in [6.45, 7) is 0.443. The number of carbonyl (C=O) groups is 1. The predicted octanol–water partition coefficient (Wildman–Crippen LogP) is 3.79. The van der Waals surface area contributed by atoms with E-state index in [1.165, 1.54) is 12.1 Å². The van der Waals surface area contributed by atoms with E-state index in [2.05, 4.69) is 10.3 Å². The molecule has 3 aromatic rings. The van der Waals surface area contributed by atoms with Gasteiger partial charge >= 0.3 is 0 Å². The van der Waals surface area contributed by atoms with E-state index in [1.54, 1.807) is 34.8 Å². The van der Waals surface area contributed by atoms with Gasteiger partial charge in [0.15, 0.2) is 0 Å². The van der Waals surface area contributed by atoms with Gasteiger partial charge in [0, 0.05) is 22.4 Å². The fraction of sp³-hybridized carbons (Fsp3) is 0.176. The molecule has 1 N–H and O–H groups in total. The predicted molar refractivity (Wildman–Crippen MR) is 91.2 cm³/mol. The summed E-state index contributed by atoms with van der Waals surface area (Å²) in [6, 6.07) is 10.4. The minimum atomic E-state index is -0.229. The Labute approximate surface area is 141 Å². The quantitative estimate of drug-likeness (QED) is 0.738. The monoisotopic (exact) mass is 346 g/mol. The number of benzene rings is 1. The number of aromatic nitrogens is 1. The number of thiophene rings is 1. The van der Waals surface area contributed by atoms with Crippen LogP contribution in [0, 0.1) is 5.82 Å². The largest absolute Gasteiger partial charge is 0.349 e. The van der Waals surface area contributed by atoms with Crippen molar-refractivity contribution in [3.63, 3.8) is 0 Å². The molecule has 0 aliphatic rings. The molecule has 23 heavy (non-hydrogen) atoms. The number of carbonyl (C=O) groups excluding carboxylic acids is 1. The van der Waals surface area contributed by atoms with Gasteiger partial charge in [-0.05, 0) is 29.1 Å². The third kappa shape index (κ3) is 4.71. The minimum absolute atomic E-state index is 0.00253. The van der Waals surface area contributed by atoms with E-state index in [-0.39, 0.29) is 11.7 Å². The maximum atomic E-state index is 12.9. The normalized spacial score (nSPS) is 10.7. The molecule has 0 fully saturated rings. The van der Waals surface area contributed by atoms with Gasteiger partial charge in [0.2, 0.25) is 5.91 Å². The second-order valence-electron chi connectivity index (χ2n) is 5.06. The van der Waals surface area contributed by atoms with Crippen molar-refractivity contribution in [2.45, 2.75) is 19.4 Å². The Balaban J connectivity index is 1.51. The van der Waals surface area contributed by atoms with Crippen molar-refractivity contribution in [3.05, 3.63) is 74.1 Å². The van der Waals surface area contributed by atoms with Crippen molar-refractivity contribution < 1.29 is 9.18 Å². The van der Waals surface area contributed by atoms with Gasteiger partial charge in [-0.1, -0.05) is 18.2 Å². The third-order valence-electron chi connectivity index (χ3n) is 3.24. The summed E-state index contributed by atoms with van der Waals surface area (Å²) in [5.74, 6) is -0.227. The van der Waals surface area contributed by atoms with Gasteiger partial charge in [0.05, 0.1) is 13.0 Å². The summed E-state index contributed by atoms with van der Waals surface area (Å²) in [4.78, 5) is 18.3. The SMILES string of the molecule is O=C(Cc1cccs1)NCc1ncc(Cc2ccc(F)cc2)s1. The van der Waals surface area contributed by atoms with E-state index in [1.807, 2.05) is 23.7 Å². The summed E-state index contributed by atoms with van der Waals surface area (Å²) in [7, 11) is 0. The van der Waals surface area contributed by atoms with Crippen LogP contribution in [0.15, 0.2) is 48.0 Å². The number of halogens is 1. The second kappa shape index (κ2) is 7.48. The Morgan fingerprint density at radius 2 is 2.00 bits per heavy atom. The average Bonchev–Trinajstić information content (AvgIpc) is 3.19. The molecule has 2 aromatic heterocycles. The third-order valence-corrected chi connectivity index (χ3v) is 5.12. The van der Waals surface area contributed by atoms with Crippen molar-refractivity contribution in [2.24, 2.45) is 0 Å². The zero-order valence-corrected chi connectivity index (χ0v) is 13.9. The number of amides is 1. The van der Waals surface area contributed by atoms with Crippen molar-refractivity contribution in [1.82, 2.24) is 10.3 Å². The van der Waals surface area contributed by atoms with Crippen molar-refractivity contribution >= 4 is 28.6 Å². The lowest BCUT2D eigenvalue weighted by Gasteiger charge is -2.01. The van der Waals surface area contributed by atoms with Crippen LogP contribution in [0.2, 0.25) is 0 Å². The molecule has 0 aliphatic heterocycles. The molecule has 0 spiro atoms. The van der Waals surface area contributed by atoms with Gasteiger partial charge in [-0.25, -0.2) is 9.37 Å². The van der Waals surface area contributed by atoms with Gasteiger partial charge in [-0.15, -0.1) is 22.7 Å². The molecule has 0 radical (unpaired) electrons. The molecule has 0 aliphatic carbocycles. The molecule has 0 unspecified atom stereocenters. The van der Waals surface area contributed by atoms with Crippen molar-refractivity contribution in [2.75, 3.05) is 0 Å². The molecule has 3 rings (SSSR count). The van der Waals surface area contributed by atoms with Crippen LogP contribution in [0.1, 0.15) is 20.3 Å². The molecule has 1 amide bonds. The highest BCUT2D eigenvalue weighted by molar-refractivity contribution is 7.11. The fourth-order valence-corrected chi connectivity index (χ4v) is 3.72. The zero-order valence-electron chi connectivity index (χ0n) is 12.3. The summed E-state index contributed by atoms with van der Waals surface area (Å²) in [5.41, 5.74) is 1.04. The summed E-state index contributed by atoms with van der Waals surface area (Å²) in [6.07, 6.45) is 2.95. The summed E-state index contributed by atoms with van der Waals surface area (Å²) >= 11 is 3.14. The van der Waals surface area contributed by atoms with Crippen molar-refractivity contribution in [3.8, 4) is 0 Å². The molecule has 118 valence electrons.